The zero-order valence-electron chi connectivity index (χ0n) is 25.6. The number of benzene rings is 2. The third kappa shape index (κ3) is 8.83. The summed E-state index contributed by atoms with van der Waals surface area (Å²) in [5.41, 5.74) is 5.29. The van der Waals surface area contributed by atoms with Gasteiger partial charge in [0.15, 0.2) is 17.7 Å². The van der Waals surface area contributed by atoms with E-state index < -0.39 is 35.7 Å². The van der Waals surface area contributed by atoms with E-state index in [2.05, 4.69) is 19.9 Å². The first kappa shape index (κ1) is 32.6. The van der Waals surface area contributed by atoms with Crippen molar-refractivity contribution < 1.29 is 38.7 Å². The van der Waals surface area contributed by atoms with E-state index in [4.69, 9.17) is 18.9 Å². The fourth-order valence-corrected chi connectivity index (χ4v) is 4.55. The lowest BCUT2D eigenvalue weighted by molar-refractivity contribution is -0.216. The summed E-state index contributed by atoms with van der Waals surface area (Å²) in [4.78, 5) is 39.2. The third-order valence-corrected chi connectivity index (χ3v) is 6.54. The van der Waals surface area contributed by atoms with Crippen LogP contribution in [0.4, 0.5) is 0 Å². The molecule has 2 aromatic carbocycles. The summed E-state index contributed by atoms with van der Waals surface area (Å²) in [6.45, 7) is 5.85. The second-order valence-corrected chi connectivity index (χ2v) is 11.2. The Labute approximate surface area is 255 Å². The van der Waals surface area contributed by atoms with Gasteiger partial charge in [0.05, 0.1) is 44.4 Å². The maximum atomic E-state index is 12.1. The van der Waals surface area contributed by atoms with Gasteiger partial charge in [-0.05, 0) is 49.9 Å². The monoisotopic (exact) mass is 606 g/mol. The predicted octanol–water partition coefficient (Wildman–Crippen LogP) is 4.31. The minimum Gasteiger partial charge on any atom is -0.469 e. The third-order valence-electron chi connectivity index (χ3n) is 6.54. The van der Waals surface area contributed by atoms with Crippen molar-refractivity contribution in [1.82, 2.24) is 19.9 Å². The molecule has 0 aliphatic rings. The maximum absolute atomic E-state index is 12.1. The van der Waals surface area contributed by atoms with Crippen molar-refractivity contribution in [2.75, 3.05) is 14.2 Å². The van der Waals surface area contributed by atoms with Gasteiger partial charge in [-0.3, -0.25) is 4.79 Å². The Hall–Kier alpha value is -4.36. The number of carbonyl (C=O) groups is 2. The number of rotatable bonds is 13. The predicted molar refractivity (Wildman–Crippen MR) is 161 cm³/mol. The topological polar surface area (TPSA) is 169 Å². The number of hydrogen-bond acceptors (Lipinski definition) is 10. The zero-order valence-corrected chi connectivity index (χ0v) is 25.6. The van der Waals surface area contributed by atoms with Crippen LogP contribution in [0.2, 0.25) is 0 Å². The van der Waals surface area contributed by atoms with Crippen molar-refractivity contribution >= 4 is 11.9 Å². The van der Waals surface area contributed by atoms with Crippen molar-refractivity contribution in [2.45, 2.75) is 64.3 Å². The van der Waals surface area contributed by atoms with Gasteiger partial charge in [0.2, 0.25) is 0 Å². The number of aliphatic hydroxyl groups is 2. The van der Waals surface area contributed by atoms with E-state index in [1.807, 2.05) is 48.5 Å². The molecule has 4 N–H and O–H groups in total. The first-order valence-corrected chi connectivity index (χ1v) is 14.0. The molecule has 2 heterocycles. The van der Waals surface area contributed by atoms with Crippen LogP contribution in [-0.2, 0) is 35.0 Å². The van der Waals surface area contributed by atoms with Crippen molar-refractivity contribution in [3.63, 3.8) is 0 Å². The van der Waals surface area contributed by atoms with Crippen molar-refractivity contribution in [2.24, 2.45) is 0 Å². The van der Waals surface area contributed by atoms with Crippen LogP contribution < -0.4 is 0 Å². The van der Waals surface area contributed by atoms with Crippen LogP contribution in [0.1, 0.15) is 51.9 Å². The van der Waals surface area contributed by atoms with Gasteiger partial charge in [-0.2, -0.15) is 0 Å². The van der Waals surface area contributed by atoms with Crippen LogP contribution in [-0.4, -0.2) is 74.0 Å². The van der Waals surface area contributed by atoms with E-state index in [1.165, 1.54) is 41.9 Å². The van der Waals surface area contributed by atoms with Gasteiger partial charge in [-0.15, -0.1) is 0 Å². The molecule has 2 aromatic heterocycles. The van der Waals surface area contributed by atoms with Crippen LogP contribution in [0.5, 0.6) is 0 Å². The molecule has 0 bridgehead atoms. The van der Waals surface area contributed by atoms with Crippen LogP contribution in [0.15, 0.2) is 60.9 Å². The first-order valence-electron chi connectivity index (χ1n) is 14.0. The van der Waals surface area contributed by atoms with Gasteiger partial charge in [-0.25, -0.2) is 14.8 Å². The van der Waals surface area contributed by atoms with Crippen molar-refractivity contribution in [1.29, 1.82) is 0 Å². The van der Waals surface area contributed by atoms with Crippen molar-refractivity contribution in [3.05, 3.63) is 72.6 Å². The van der Waals surface area contributed by atoms with Gasteiger partial charge in [0.25, 0.3) is 0 Å². The number of aromatic amines is 2. The van der Waals surface area contributed by atoms with Gasteiger partial charge in [0.1, 0.15) is 17.8 Å². The van der Waals surface area contributed by atoms with E-state index in [0.29, 0.717) is 11.6 Å². The highest BCUT2D eigenvalue weighted by molar-refractivity contribution is 5.75. The summed E-state index contributed by atoms with van der Waals surface area (Å²) in [6, 6.07) is 15.8. The molecule has 234 valence electrons. The lowest BCUT2D eigenvalue weighted by Gasteiger charge is -2.24. The fraction of sp³-hybridized carbons (Fsp3) is 0.375. The summed E-state index contributed by atoms with van der Waals surface area (Å²) >= 11 is 0. The Morgan fingerprint density at radius 1 is 0.750 bits per heavy atom. The Morgan fingerprint density at radius 3 is 1.75 bits per heavy atom. The molecular weight excluding hydrogens is 568 g/mol. The molecule has 2 atom stereocenters. The smallest absolute Gasteiger partial charge is 0.335 e. The minimum atomic E-state index is -1.51. The molecule has 4 aromatic rings. The molecule has 12 nitrogen and oxygen atoms in total. The SMILES string of the molecule is COC(=O)C[C@@H](OC(C)(C)O)c1ncc(-c2ccc(-c3ccc(-c4cnc(C[C@@H](OC(C)(C)O)C(=O)OC)[nH]4)cc3)cc2)[nH]1. The fourth-order valence-electron chi connectivity index (χ4n) is 4.55. The highest BCUT2D eigenvalue weighted by atomic mass is 16.6. The first-order chi connectivity index (χ1) is 20.7. The largest absolute Gasteiger partial charge is 0.469 e. The average molecular weight is 607 g/mol. The standard InChI is InChI=1S/C32H38N4O8/c1-31(2,39)43-25(16-28(37)41-5)29-34-18-24(36-29)22-13-9-20(10-14-22)19-7-11-21(12-8-19)23-17-33-27(35-23)15-26(30(38)42-6)44-32(3,4)40/h7-14,17-18,25-26,39-40H,15-16H2,1-6H3,(H,33,35)(H,34,36)/t25-,26-/m1/s1. The summed E-state index contributed by atoms with van der Waals surface area (Å²) in [5, 5.41) is 20.1. The van der Waals surface area contributed by atoms with Gasteiger partial charge in [0, 0.05) is 6.42 Å². The number of carbonyl (C=O) groups excluding carboxylic acids is 2. The number of imidazole rings is 2. The average Bonchev–Trinajstić information content (AvgIpc) is 3.65. The summed E-state index contributed by atoms with van der Waals surface area (Å²) in [6.07, 6.45) is 1.51. The second-order valence-electron chi connectivity index (χ2n) is 11.2. The lowest BCUT2D eigenvalue weighted by Crippen LogP contribution is -2.37. The number of H-pyrrole nitrogens is 2. The summed E-state index contributed by atoms with van der Waals surface area (Å²) in [7, 11) is 2.56. The summed E-state index contributed by atoms with van der Waals surface area (Å²) < 4.78 is 20.6. The number of nitrogens with one attached hydrogen (secondary N) is 2. The van der Waals surface area contributed by atoms with Crippen molar-refractivity contribution in [3.8, 4) is 33.6 Å². The molecule has 0 aliphatic carbocycles. The molecule has 0 saturated heterocycles. The Bertz CT molecular complexity index is 1550. The van der Waals surface area contributed by atoms with E-state index in [0.717, 1.165) is 33.6 Å². The van der Waals surface area contributed by atoms with Crippen LogP contribution in [0.3, 0.4) is 0 Å². The molecule has 0 spiro atoms. The Kier molecular flexibility index (Phi) is 10.00. The molecule has 4 rings (SSSR count). The molecule has 12 heteroatoms. The lowest BCUT2D eigenvalue weighted by atomic mass is 10.0. The molecule has 44 heavy (non-hydrogen) atoms. The Balaban J connectivity index is 1.45. The maximum Gasteiger partial charge on any atom is 0.335 e. The van der Waals surface area contributed by atoms with E-state index >= 15 is 0 Å². The van der Waals surface area contributed by atoms with Crippen LogP contribution in [0, 0.1) is 0 Å². The number of ether oxygens (including phenoxy) is 4. The molecule has 0 unspecified atom stereocenters. The normalized spacial score (nSPS) is 13.4. The molecule has 0 radical (unpaired) electrons. The quantitative estimate of drug-likeness (QED) is 0.127. The van der Waals surface area contributed by atoms with E-state index in [9.17, 15) is 19.8 Å². The number of nitrogens with zero attached hydrogens (tertiary/aromatic N) is 2. The number of esters is 2. The molecular formula is C32H38N4O8. The molecule has 0 saturated carbocycles. The summed E-state index contributed by atoms with van der Waals surface area (Å²) in [5.74, 6) is -3.14. The molecule has 0 fully saturated rings. The highest BCUT2D eigenvalue weighted by Gasteiger charge is 2.29. The number of aromatic nitrogens is 4. The molecule has 0 amide bonds. The molecule has 0 aliphatic heterocycles. The van der Waals surface area contributed by atoms with Gasteiger partial charge < -0.3 is 39.1 Å². The van der Waals surface area contributed by atoms with E-state index in [1.54, 1.807) is 12.4 Å². The zero-order chi connectivity index (χ0) is 32.1. The van der Waals surface area contributed by atoms with E-state index in [-0.39, 0.29) is 12.8 Å². The minimum absolute atomic E-state index is 0.104. The van der Waals surface area contributed by atoms with Gasteiger partial charge in [-0.1, -0.05) is 48.5 Å². The second kappa shape index (κ2) is 13.5. The van der Waals surface area contributed by atoms with Crippen LogP contribution in [0.25, 0.3) is 33.6 Å². The Morgan fingerprint density at radius 2 is 1.25 bits per heavy atom. The van der Waals surface area contributed by atoms with Crippen LogP contribution >= 0.6 is 0 Å². The van der Waals surface area contributed by atoms with Gasteiger partial charge >= 0.3 is 11.9 Å². The highest BCUT2D eigenvalue weighted by Crippen LogP contribution is 2.29. The number of methoxy groups -OCH3 is 2. The number of hydrogen-bond donors (Lipinski definition) is 4.